The molecule has 3 aromatic heterocycles. The average Bonchev–Trinajstić information content (AvgIpc) is 3.33. The number of carbonyl (C=O) groups is 1. The third-order valence-corrected chi connectivity index (χ3v) is 5.13. The van der Waals surface area contributed by atoms with E-state index in [4.69, 9.17) is 4.42 Å². The van der Waals surface area contributed by atoms with Crippen LogP contribution in [-0.2, 0) is 14.1 Å². The molecule has 1 aromatic carbocycles. The third kappa shape index (κ3) is 2.76. The van der Waals surface area contributed by atoms with Gasteiger partial charge in [0.2, 0.25) is 0 Å². The Bertz CT molecular complexity index is 1050. The summed E-state index contributed by atoms with van der Waals surface area (Å²) in [5.41, 5.74) is 1.79. The highest BCUT2D eigenvalue weighted by Gasteiger charge is 2.17. The van der Waals surface area contributed by atoms with Crippen molar-refractivity contribution in [2.45, 2.75) is 5.16 Å². The van der Waals surface area contributed by atoms with E-state index in [-0.39, 0.29) is 5.78 Å². The molecule has 6 nitrogen and oxygen atoms in total. The summed E-state index contributed by atoms with van der Waals surface area (Å²) in [6.07, 6.45) is 3.49. The van der Waals surface area contributed by atoms with E-state index in [2.05, 4.69) is 10.2 Å². The van der Waals surface area contributed by atoms with Crippen molar-refractivity contribution in [3.63, 3.8) is 0 Å². The van der Waals surface area contributed by atoms with Gasteiger partial charge in [-0.05, 0) is 18.2 Å². The van der Waals surface area contributed by atoms with Crippen LogP contribution in [0, 0.1) is 0 Å². The SMILES string of the molecule is Cn1c(SCC(=O)c2cn(C)c3ccccc23)nnc1-c1ccco1. The first-order chi connectivity index (χ1) is 12.1. The number of para-hydroxylation sites is 1. The number of hydrogen-bond acceptors (Lipinski definition) is 5. The molecular formula is C18H16N4O2S. The van der Waals surface area contributed by atoms with Crippen molar-refractivity contribution >= 4 is 28.4 Å². The number of nitrogens with zero attached hydrogens (tertiary/aromatic N) is 4. The lowest BCUT2D eigenvalue weighted by atomic mass is 10.1. The molecule has 0 aliphatic carbocycles. The van der Waals surface area contributed by atoms with Crippen molar-refractivity contribution in [3.8, 4) is 11.6 Å². The number of benzene rings is 1. The maximum atomic E-state index is 12.7. The molecule has 0 amide bonds. The zero-order valence-electron chi connectivity index (χ0n) is 13.8. The predicted molar refractivity (Wildman–Crippen MR) is 96.7 cm³/mol. The number of Topliss-reactive ketones (excluding diaryl/α,β-unsaturated/α-hetero) is 1. The predicted octanol–water partition coefficient (Wildman–Crippen LogP) is 3.54. The zero-order valence-corrected chi connectivity index (χ0v) is 14.7. The normalized spacial score (nSPS) is 11.3. The fraction of sp³-hybridized carbons (Fsp3) is 0.167. The van der Waals surface area contributed by atoms with Gasteiger partial charge >= 0.3 is 0 Å². The van der Waals surface area contributed by atoms with E-state index >= 15 is 0 Å². The van der Waals surface area contributed by atoms with Crippen molar-refractivity contribution in [2.75, 3.05) is 5.75 Å². The third-order valence-electron chi connectivity index (χ3n) is 4.11. The van der Waals surface area contributed by atoms with Crippen LogP contribution < -0.4 is 0 Å². The molecular weight excluding hydrogens is 336 g/mol. The number of thioether (sulfide) groups is 1. The Hall–Kier alpha value is -2.80. The second-order valence-corrected chi connectivity index (χ2v) is 6.67. The lowest BCUT2D eigenvalue weighted by Crippen LogP contribution is -2.03. The van der Waals surface area contributed by atoms with Crippen molar-refractivity contribution < 1.29 is 9.21 Å². The Kier molecular flexibility index (Phi) is 3.93. The number of hydrogen-bond donors (Lipinski definition) is 0. The lowest BCUT2D eigenvalue weighted by molar-refractivity contribution is 0.102. The van der Waals surface area contributed by atoms with Gasteiger partial charge in [-0.3, -0.25) is 4.79 Å². The van der Waals surface area contributed by atoms with Crippen molar-refractivity contribution in [3.05, 3.63) is 54.4 Å². The molecule has 0 aliphatic rings. The molecule has 4 aromatic rings. The average molecular weight is 352 g/mol. The summed E-state index contributed by atoms with van der Waals surface area (Å²) in [5, 5.41) is 9.97. The minimum absolute atomic E-state index is 0.0735. The minimum Gasteiger partial charge on any atom is -0.461 e. The standard InChI is InChI=1S/C18H16N4O2S/c1-21-10-13(12-6-3-4-7-14(12)21)15(23)11-25-18-20-19-17(22(18)2)16-8-5-9-24-16/h3-10H,11H2,1-2H3. The Labute approximate surface area is 148 Å². The van der Waals surface area contributed by atoms with Gasteiger partial charge in [0.1, 0.15) is 0 Å². The summed E-state index contributed by atoms with van der Waals surface area (Å²) >= 11 is 1.37. The van der Waals surface area contributed by atoms with Crippen LogP contribution in [0.15, 0.2) is 58.4 Å². The van der Waals surface area contributed by atoms with Crippen LogP contribution in [0.3, 0.4) is 0 Å². The molecule has 0 unspecified atom stereocenters. The van der Waals surface area contributed by atoms with Crippen LogP contribution in [0.2, 0.25) is 0 Å². The topological polar surface area (TPSA) is 65.8 Å². The highest BCUT2D eigenvalue weighted by Crippen LogP contribution is 2.26. The van der Waals surface area contributed by atoms with Gasteiger partial charge in [0.05, 0.1) is 12.0 Å². The number of carbonyl (C=O) groups excluding carboxylic acids is 1. The van der Waals surface area contributed by atoms with E-state index in [1.54, 1.807) is 12.3 Å². The van der Waals surface area contributed by atoms with E-state index in [0.29, 0.717) is 22.5 Å². The Morgan fingerprint density at radius 3 is 2.80 bits per heavy atom. The van der Waals surface area contributed by atoms with E-state index in [0.717, 1.165) is 16.5 Å². The molecule has 4 rings (SSSR count). The van der Waals surface area contributed by atoms with Crippen LogP contribution in [0.5, 0.6) is 0 Å². The Balaban J connectivity index is 1.54. The fourth-order valence-electron chi connectivity index (χ4n) is 2.83. The molecule has 25 heavy (non-hydrogen) atoms. The Morgan fingerprint density at radius 1 is 1.16 bits per heavy atom. The van der Waals surface area contributed by atoms with Crippen LogP contribution in [0.1, 0.15) is 10.4 Å². The lowest BCUT2D eigenvalue weighted by Gasteiger charge is -2.02. The summed E-state index contributed by atoms with van der Waals surface area (Å²) < 4.78 is 9.17. The molecule has 3 heterocycles. The maximum Gasteiger partial charge on any atom is 0.200 e. The largest absolute Gasteiger partial charge is 0.461 e. The molecule has 0 N–H and O–H groups in total. The van der Waals surface area contributed by atoms with Gasteiger partial charge in [-0.15, -0.1) is 10.2 Å². The zero-order chi connectivity index (χ0) is 17.4. The summed E-state index contributed by atoms with van der Waals surface area (Å²) in [6.45, 7) is 0. The first-order valence-corrected chi connectivity index (χ1v) is 8.77. The number of fused-ring (bicyclic) bond motifs is 1. The second kappa shape index (κ2) is 6.25. The van der Waals surface area contributed by atoms with Gasteiger partial charge in [0.25, 0.3) is 0 Å². The van der Waals surface area contributed by atoms with Gasteiger partial charge in [-0.2, -0.15) is 0 Å². The molecule has 0 spiro atoms. The molecule has 0 bridgehead atoms. The van der Waals surface area contributed by atoms with E-state index in [1.807, 2.05) is 59.8 Å². The van der Waals surface area contributed by atoms with Gasteiger partial charge in [-0.1, -0.05) is 30.0 Å². The van der Waals surface area contributed by atoms with Crippen LogP contribution >= 0.6 is 11.8 Å². The van der Waals surface area contributed by atoms with Gasteiger partial charge in [0.15, 0.2) is 22.5 Å². The highest BCUT2D eigenvalue weighted by atomic mass is 32.2. The molecule has 126 valence electrons. The smallest absolute Gasteiger partial charge is 0.200 e. The summed E-state index contributed by atoms with van der Waals surface area (Å²) in [6, 6.07) is 11.5. The van der Waals surface area contributed by atoms with Gasteiger partial charge in [-0.25, -0.2) is 0 Å². The summed E-state index contributed by atoms with van der Waals surface area (Å²) in [4.78, 5) is 12.7. The molecule has 0 fully saturated rings. The maximum absolute atomic E-state index is 12.7. The molecule has 0 atom stereocenters. The fourth-order valence-corrected chi connectivity index (χ4v) is 3.63. The first-order valence-electron chi connectivity index (χ1n) is 7.78. The van der Waals surface area contributed by atoms with Gasteiger partial charge in [0, 0.05) is 36.8 Å². The Morgan fingerprint density at radius 2 is 2.00 bits per heavy atom. The summed E-state index contributed by atoms with van der Waals surface area (Å²) in [7, 11) is 3.81. The van der Waals surface area contributed by atoms with Crippen LogP contribution in [-0.4, -0.2) is 30.9 Å². The van der Waals surface area contributed by atoms with E-state index in [9.17, 15) is 4.79 Å². The second-order valence-electron chi connectivity index (χ2n) is 5.73. The molecule has 0 radical (unpaired) electrons. The highest BCUT2D eigenvalue weighted by molar-refractivity contribution is 7.99. The van der Waals surface area contributed by atoms with Crippen molar-refractivity contribution in [2.24, 2.45) is 14.1 Å². The monoisotopic (exact) mass is 352 g/mol. The minimum atomic E-state index is 0.0735. The number of furan rings is 1. The van der Waals surface area contributed by atoms with E-state index < -0.39 is 0 Å². The van der Waals surface area contributed by atoms with Gasteiger partial charge < -0.3 is 13.6 Å². The molecule has 0 saturated heterocycles. The van der Waals surface area contributed by atoms with Crippen LogP contribution in [0.25, 0.3) is 22.5 Å². The first kappa shape index (κ1) is 15.7. The molecule has 7 heteroatoms. The van der Waals surface area contributed by atoms with Crippen molar-refractivity contribution in [1.82, 2.24) is 19.3 Å². The van der Waals surface area contributed by atoms with E-state index in [1.165, 1.54) is 11.8 Å². The summed E-state index contributed by atoms with van der Waals surface area (Å²) in [5.74, 6) is 1.68. The number of aromatic nitrogens is 4. The molecule has 0 aliphatic heterocycles. The number of ketones is 1. The molecule has 0 saturated carbocycles. The van der Waals surface area contributed by atoms with Crippen molar-refractivity contribution in [1.29, 1.82) is 0 Å². The van der Waals surface area contributed by atoms with Crippen LogP contribution in [0.4, 0.5) is 0 Å². The number of rotatable bonds is 5. The number of aryl methyl sites for hydroxylation is 1. The quantitative estimate of drug-likeness (QED) is 0.406.